The monoisotopic (exact) mass is 326 g/mol. The number of carboxylic acid groups (broad SMARTS) is 1. The number of hydrogen-bond acceptors (Lipinski definition) is 4. The first kappa shape index (κ1) is 14.1. The molecular weight excluding hydrogens is 312 g/mol. The molecule has 1 N–H and O–H groups in total. The summed E-state index contributed by atoms with van der Waals surface area (Å²) in [7, 11) is 0. The summed E-state index contributed by atoms with van der Waals surface area (Å²) < 4.78 is 3.62. The average molecular weight is 326 g/mol. The van der Waals surface area contributed by atoms with Crippen LogP contribution in [0.4, 0.5) is 0 Å². The van der Waals surface area contributed by atoms with Gasteiger partial charge >= 0.3 is 5.97 Å². The molecule has 3 heterocycles. The molecule has 0 spiro atoms. The van der Waals surface area contributed by atoms with Gasteiger partial charge in [0.2, 0.25) is 0 Å². The third-order valence-electron chi connectivity index (χ3n) is 3.88. The molecule has 0 radical (unpaired) electrons. The summed E-state index contributed by atoms with van der Waals surface area (Å²) in [5.74, 6) is -0.231. The van der Waals surface area contributed by atoms with Gasteiger partial charge in [0, 0.05) is 23.2 Å². The van der Waals surface area contributed by atoms with Crippen LogP contribution in [0.15, 0.2) is 47.9 Å². The average Bonchev–Trinajstić information content (AvgIpc) is 3.18. The van der Waals surface area contributed by atoms with Crippen LogP contribution < -0.4 is 0 Å². The maximum absolute atomic E-state index is 11.7. The molecule has 1 aromatic carbocycles. The highest BCUT2D eigenvalue weighted by molar-refractivity contribution is 7.99. The van der Waals surface area contributed by atoms with Crippen molar-refractivity contribution in [1.82, 2.24) is 19.3 Å². The molecule has 1 aliphatic rings. The number of carboxylic acids is 1. The van der Waals surface area contributed by atoms with Crippen LogP contribution in [0.25, 0.3) is 11.5 Å². The Hall–Kier alpha value is -2.54. The molecule has 1 atom stereocenters. The number of rotatable bonds is 3. The zero-order chi connectivity index (χ0) is 16.0. The van der Waals surface area contributed by atoms with E-state index in [-0.39, 0.29) is 10.9 Å². The molecule has 0 bridgehead atoms. The minimum absolute atomic E-state index is 0.0310. The number of carbonyl (C=O) groups is 1. The zero-order valence-corrected chi connectivity index (χ0v) is 13.2. The van der Waals surface area contributed by atoms with Gasteiger partial charge in [0.15, 0.2) is 10.9 Å². The number of benzene rings is 1. The molecule has 0 amide bonds. The summed E-state index contributed by atoms with van der Waals surface area (Å²) in [4.78, 5) is 16.1. The van der Waals surface area contributed by atoms with E-state index in [1.807, 2.05) is 48.0 Å². The summed E-state index contributed by atoms with van der Waals surface area (Å²) in [6, 6.07) is 9.57. The van der Waals surface area contributed by atoms with Crippen molar-refractivity contribution >= 4 is 17.7 Å². The van der Waals surface area contributed by atoms with Crippen molar-refractivity contribution in [3.8, 4) is 11.5 Å². The quantitative estimate of drug-likeness (QED) is 0.799. The zero-order valence-electron chi connectivity index (χ0n) is 12.4. The lowest BCUT2D eigenvalue weighted by molar-refractivity contribution is 0.0688. The molecule has 0 fully saturated rings. The van der Waals surface area contributed by atoms with E-state index in [9.17, 15) is 9.90 Å². The molecular formula is C16H14N4O2S. The van der Waals surface area contributed by atoms with Crippen molar-refractivity contribution in [1.29, 1.82) is 0 Å². The van der Waals surface area contributed by atoms with E-state index in [0.717, 1.165) is 28.6 Å². The van der Waals surface area contributed by atoms with Gasteiger partial charge in [-0.25, -0.2) is 14.5 Å². The summed E-state index contributed by atoms with van der Waals surface area (Å²) in [6.45, 7) is 2.05. The van der Waals surface area contributed by atoms with E-state index in [1.54, 1.807) is 22.6 Å². The Morgan fingerprint density at radius 3 is 2.83 bits per heavy atom. The highest BCUT2D eigenvalue weighted by Gasteiger charge is 2.35. The Balaban J connectivity index is 2.06. The first-order chi connectivity index (χ1) is 11.2. The largest absolute Gasteiger partial charge is 0.476 e. The first-order valence-corrected chi connectivity index (χ1v) is 8.20. The van der Waals surface area contributed by atoms with Crippen LogP contribution in [0.2, 0.25) is 0 Å². The number of thioether (sulfide) groups is 1. The van der Waals surface area contributed by atoms with Crippen LogP contribution in [0.1, 0.15) is 34.6 Å². The smallest absolute Gasteiger partial charge is 0.356 e. The Morgan fingerprint density at radius 1 is 1.35 bits per heavy atom. The number of aromatic nitrogens is 4. The second-order valence-electron chi connectivity index (χ2n) is 5.23. The second kappa shape index (κ2) is 5.27. The van der Waals surface area contributed by atoms with E-state index in [4.69, 9.17) is 0 Å². The number of fused-ring (bicyclic) bond motifs is 3. The lowest BCUT2D eigenvalue weighted by Gasteiger charge is -2.23. The standard InChI is InChI=1S/C16H14N4O2S/c1-2-11-12-13(15(21)22)18-20(10-6-4-3-5-7-10)14(12)19-9-8-17-16(19)23-11/h3-9,11H,2H2,1H3,(H,21,22). The Kier molecular flexibility index (Phi) is 3.23. The van der Waals surface area contributed by atoms with Crippen molar-refractivity contribution in [2.45, 2.75) is 23.8 Å². The van der Waals surface area contributed by atoms with Gasteiger partial charge in [-0.3, -0.25) is 4.57 Å². The molecule has 1 aliphatic heterocycles. The summed E-state index contributed by atoms with van der Waals surface area (Å²) in [6.07, 6.45) is 4.39. The van der Waals surface area contributed by atoms with E-state index >= 15 is 0 Å². The summed E-state index contributed by atoms with van der Waals surface area (Å²) in [5, 5.41) is 14.9. The van der Waals surface area contributed by atoms with Crippen LogP contribution >= 0.6 is 11.8 Å². The number of nitrogens with zero attached hydrogens (tertiary/aromatic N) is 4. The number of para-hydroxylation sites is 1. The van der Waals surface area contributed by atoms with Gasteiger partial charge in [0.1, 0.15) is 5.82 Å². The van der Waals surface area contributed by atoms with Crippen LogP contribution in [0.3, 0.4) is 0 Å². The molecule has 0 saturated heterocycles. The van der Waals surface area contributed by atoms with E-state index in [2.05, 4.69) is 10.1 Å². The first-order valence-electron chi connectivity index (χ1n) is 7.32. The fraction of sp³-hybridized carbons (Fsp3) is 0.188. The van der Waals surface area contributed by atoms with Crippen LogP contribution in [0, 0.1) is 0 Å². The predicted octanol–water partition coefficient (Wildman–Crippen LogP) is 3.31. The molecule has 7 heteroatoms. The molecule has 2 aromatic heterocycles. The molecule has 116 valence electrons. The fourth-order valence-electron chi connectivity index (χ4n) is 2.87. The summed E-state index contributed by atoms with van der Waals surface area (Å²) >= 11 is 1.58. The number of imidazole rings is 1. The van der Waals surface area contributed by atoms with Crippen LogP contribution in [0.5, 0.6) is 0 Å². The van der Waals surface area contributed by atoms with Gasteiger partial charge < -0.3 is 5.11 Å². The number of hydrogen-bond donors (Lipinski definition) is 1. The van der Waals surface area contributed by atoms with Crippen molar-refractivity contribution in [3.63, 3.8) is 0 Å². The van der Waals surface area contributed by atoms with Gasteiger partial charge in [-0.1, -0.05) is 36.9 Å². The normalized spacial score (nSPS) is 16.0. The molecule has 4 rings (SSSR count). The minimum Gasteiger partial charge on any atom is -0.476 e. The Morgan fingerprint density at radius 2 is 2.13 bits per heavy atom. The molecule has 1 unspecified atom stereocenters. The highest BCUT2D eigenvalue weighted by atomic mass is 32.2. The minimum atomic E-state index is -1.00. The highest BCUT2D eigenvalue weighted by Crippen LogP contribution is 2.46. The van der Waals surface area contributed by atoms with Gasteiger partial charge in [-0.05, 0) is 18.6 Å². The molecule has 0 saturated carbocycles. The van der Waals surface area contributed by atoms with Crippen LogP contribution in [-0.2, 0) is 0 Å². The van der Waals surface area contributed by atoms with Gasteiger partial charge in [-0.15, -0.1) is 0 Å². The third kappa shape index (κ3) is 2.08. The SMILES string of the molecule is CCC1Sc2nccn2-c2c1c(C(=O)O)nn2-c1ccccc1. The maximum atomic E-state index is 11.7. The molecule has 0 aliphatic carbocycles. The van der Waals surface area contributed by atoms with Gasteiger partial charge in [-0.2, -0.15) is 5.10 Å². The molecule has 3 aromatic rings. The Labute approximate surface area is 136 Å². The van der Waals surface area contributed by atoms with Gasteiger partial charge in [0.25, 0.3) is 0 Å². The molecule has 6 nitrogen and oxygen atoms in total. The fourth-order valence-corrected chi connectivity index (χ4v) is 4.01. The van der Waals surface area contributed by atoms with Crippen molar-refractivity contribution in [2.75, 3.05) is 0 Å². The van der Waals surface area contributed by atoms with E-state index < -0.39 is 5.97 Å². The lowest BCUT2D eigenvalue weighted by atomic mass is 10.1. The van der Waals surface area contributed by atoms with Crippen molar-refractivity contribution < 1.29 is 9.90 Å². The van der Waals surface area contributed by atoms with E-state index in [0.29, 0.717) is 0 Å². The second-order valence-corrected chi connectivity index (χ2v) is 6.40. The lowest BCUT2D eigenvalue weighted by Crippen LogP contribution is -2.13. The maximum Gasteiger partial charge on any atom is 0.356 e. The van der Waals surface area contributed by atoms with Crippen molar-refractivity contribution in [3.05, 3.63) is 54.0 Å². The van der Waals surface area contributed by atoms with Crippen molar-refractivity contribution in [2.24, 2.45) is 0 Å². The molecule has 23 heavy (non-hydrogen) atoms. The topological polar surface area (TPSA) is 72.9 Å². The Bertz CT molecular complexity index is 885. The van der Waals surface area contributed by atoms with Gasteiger partial charge in [0.05, 0.1) is 5.69 Å². The third-order valence-corrected chi connectivity index (χ3v) is 5.24. The number of aromatic carboxylic acids is 1. The predicted molar refractivity (Wildman–Crippen MR) is 86.5 cm³/mol. The van der Waals surface area contributed by atoms with E-state index in [1.165, 1.54) is 0 Å². The summed E-state index contributed by atoms with van der Waals surface area (Å²) in [5.41, 5.74) is 1.71. The van der Waals surface area contributed by atoms with Crippen LogP contribution in [-0.4, -0.2) is 30.4 Å².